The molecule has 0 radical (unpaired) electrons. The van der Waals surface area contributed by atoms with Crippen molar-refractivity contribution in [2.75, 3.05) is 11.5 Å². The van der Waals surface area contributed by atoms with Crippen molar-refractivity contribution in [2.45, 2.75) is 0 Å². The molecule has 0 spiro atoms. The summed E-state index contributed by atoms with van der Waals surface area (Å²) in [7, 11) is 1.34. The Morgan fingerprint density at radius 1 is 1.11 bits per heavy atom. The summed E-state index contributed by atoms with van der Waals surface area (Å²) in [4.78, 5) is 23.6. The van der Waals surface area contributed by atoms with Crippen molar-refractivity contribution >= 4 is 23.1 Å². The molecule has 2 rings (SSSR count). The maximum Gasteiger partial charge on any atom is 0.337 e. The fraction of sp³-hybridized carbons (Fsp3) is 0.0909. The van der Waals surface area contributed by atoms with E-state index in [9.17, 15) is 9.59 Å². The van der Waals surface area contributed by atoms with Gasteiger partial charge in [-0.2, -0.15) is 0 Å². The minimum absolute atomic E-state index is 0.0783. The van der Waals surface area contributed by atoms with E-state index in [4.69, 9.17) is 23.1 Å². The highest BCUT2D eigenvalue weighted by molar-refractivity contribution is 6.30. The van der Waals surface area contributed by atoms with Gasteiger partial charge >= 0.3 is 5.69 Å². The van der Waals surface area contributed by atoms with Gasteiger partial charge in [-0.3, -0.25) is 9.36 Å². The standard InChI is InChI=1S/C11H11ClN4O2/c1-15-10(17)8(13)9(14)16(11(15)18)7-4-2-6(12)3-5-7/h2-5H,13-14H2,1H3. The zero-order chi connectivity index (χ0) is 13.4. The number of hydrogen-bond acceptors (Lipinski definition) is 4. The third-order valence-electron chi connectivity index (χ3n) is 2.61. The summed E-state index contributed by atoms with van der Waals surface area (Å²) in [5, 5.41) is 0.531. The summed E-state index contributed by atoms with van der Waals surface area (Å²) < 4.78 is 2.06. The predicted molar refractivity (Wildman–Crippen MR) is 71.1 cm³/mol. The Bertz CT molecular complexity index is 716. The van der Waals surface area contributed by atoms with Crippen molar-refractivity contribution in [1.29, 1.82) is 0 Å². The van der Waals surface area contributed by atoms with Crippen LogP contribution in [-0.2, 0) is 7.05 Å². The first-order valence-corrected chi connectivity index (χ1v) is 5.44. The zero-order valence-corrected chi connectivity index (χ0v) is 10.3. The van der Waals surface area contributed by atoms with Crippen LogP contribution < -0.4 is 22.7 Å². The lowest BCUT2D eigenvalue weighted by Crippen LogP contribution is -2.40. The molecule has 1 heterocycles. The molecular formula is C11H11ClN4O2. The molecule has 0 fully saturated rings. The molecule has 94 valence electrons. The fourth-order valence-corrected chi connectivity index (χ4v) is 1.72. The highest BCUT2D eigenvalue weighted by Gasteiger charge is 2.13. The largest absolute Gasteiger partial charge is 0.391 e. The van der Waals surface area contributed by atoms with Crippen LogP contribution in [0.3, 0.4) is 0 Å². The Hall–Kier alpha value is -2.21. The second-order valence-corrected chi connectivity index (χ2v) is 4.19. The SMILES string of the molecule is Cn1c(=O)c(N)c(N)n(-c2ccc(Cl)cc2)c1=O. The molecule has 0 bridgehead atoms. The fourth-order valence-electron chi connectivity index (χ4n) is 1.59. The Morgan fingerprint density at radius 3 is 2.22 bits per heavy atom. The van der Waals surface area contributed by atoms with Crippen LogP contribution in [0.25, 0.3) is 5.69 Å². The smallest absolute Gasteiger partial charge is 0.337 e. The highest BCUT2D eigenvalue weighted by atomic mass is 35.5. The Morgan fingerprint density at radius 2 is 1.67 bits per heavy atom. The molecule has 7 heteroatoms. The average Bonchev–Trinajstić information content (AvgIpc) is 2.36. The highest BCUT2D eigenvalue weighted by Crippen LogP contribution is 2.16. The van der Waals surface area contributed by atoms with Crippen molar-refractivity contribution in [2.24, 2.45) is 7.05 Å². The molecule has 2 aromatic rings. The number of nitrogens with zero attached hydrogens (tertiary/aromatic N) is 2. The lowest BCUT2D eigenvalue weighted by molar-refractivity contribution is 0.739. The summed E-state index contributed by atoms with van der Waals surface area (Å²) in [6, 6.07) is 6.46. The van der Waals surface area contributed by atoms with Crippen LogP contribution in [0.15, 0.2) is 33.9 Å². The van der Waals surface area contributed by atoms with Crippen LogP contribution in [-0.4, -0.2) is 9.13 Å². The minimum Gasteiger partial charge on any atom is -0.391 e. The van der Waals surface area contributed by atoms with Gasteiger partial charge in [0.1, 0.15) is 11.5 Å². The lowest BCUT2D eigenvalue weighted by atomic mass is 10.3. The molecule has 0 amide bonds. The Balaban J connectivity index is 2.84. The van der Waals surface area contributed by atoms with E-state index in [1.54, 1.807) is 24.3 Å². The maximum atomic E-state index is 12.0. The number of anilines is 2. The van der Waals surface area contributed by atoms with E-state index in [-0.39, 0.29) is 11.5 Å². The molecule has 18 heavy (non-hydrogen) atoms. The number of nitrogen functional groups attached to an aromatic ring is 2. The molecular weight excluding hydrogens is 256 g/mol. The van der Waals surface area contributed by atoms with Crippen molar-refractivity contribution < 1.29 is 0 Å². The molecule has 0 aliphatic heterocycles. The van der Waals surface area contributed by atoms with Crippen LogP contribution in [0.4, 0.5) is 11.5 Å². The van der Waals surface area contributed by atoms with Gasteiger partial charge < -0.3 is 11.5 Å². The minimum atomic E-state index is -0.609. The summed E-state index contributed by atoms with van der Waals surface area (Å²) in [6.45, 7) is 0. The van der Waals surface area contributed by atoms with Crippen molar-refractivity contribution in [3.8, 4) is 5.69 Å². The predicted octanol–water partition coefficient (Wildman–Crippen LogP) is 0.354. The summed E-state index contributed by atoms with van der Waals surface area (Å²) in [5.74, 6) is -0.0783. The van der Waals surface area contributed by atoms with E-state index in [1.165, 1.54) is 7.05 Å². The van der Waals surface area contributed by atoms with E-state index < -0.39 is 11.2 Å². The summed E-state index contributed by atoms with van der Waals surface area (Å²) in [5.41, 5.74) is 10.5. The normalized spacial score (nSPS) is 10.6. The molecule has 4 N–H and O–H groups in total. The topological polar surface area (TPSA) is 96.0 Å². The monoisotopic (exact) mass is 266 g/mol. The molecule has 6 nitrogen and oxygen atoms in total. The number of hydrogen-bond donors (Lipinski definition) is 2. The summed E-state index contributed by atoms with van der Waals surface area (Å²) >= 11 is 5.77. The lowest BCUT2D eigenvalue weighted by Gasteiger charge is -2.12. The number of nitrogens with two attached hydrogens (primary N) is 2. The van der Waals surface area contributed by atoms with Gasteiger partial charge in [0.15, 0.2) is 0 Å². The van der Waals surface area contributed by atoms with Crippen molar-refractivity contribution in [3.05, 3.63) is 50.1 Å². The molecule has 0 aliphatic rings. The van der Waals surface area contributed by atoms with Gasteiger partial charge in [-0.15, -0.1) is 0 Å². The second kappa shape index (κ2) is 4.23. The molecule has 0 saturated carbocycles. The van der Waals surface area contributed by atoms with Gasteiger partial charge in [0.25, 0.3) is 5.56 Å². The number of aromatic nitrogens is 2. The third-order valence-corrected chi connectivity index (χ3v) is 2.87. The van der Waals surface area contributed by atoms with Crippen LogP contribution in [0.2, 0.25) is 5.02 Å². The van der Waals surface area contributed by atoms with Crippen LogP contribution in [0, 0.1) is 0 Å². The number of rotatable bonds is 1. The van der Waals surface area contributed by atoms with E-state index in [0.717, 1.165) is 9.13 Å². The first-order valence-electron chi connectivity index (χ1n) is 5.06. The Kier molecular flexibility index (Phi) is 2.88. The molecule has 0 unspecified atom stereocenters. The van der Waals surface area contributed by atoms with Gasteiger partial charge in [-0.1, -0.05) is 11.6 Å². The van der Waals surface area contributed by atoms with E-state index in [2.05, 4.69) is 0 Å². The third kappa shape index (κ3) is 1.76. The zero-order valence-electron chi connectivity index (χ0n) is 9.55. The van der Waals surface area contributed by atoms with Gasteiger partial charge in [0.2, 0.25) is 0 Å². The number of benzene rings is 1. The van der Waals surface area contributed by atoms with Gasteiger partial charge in [0, 0.05) is 12.1 Å². The average molecular weight is 267 g/mol. The molecule has 1 aromatic heterocycles. The summed E-state index contributed by atoms with van der Waals surface area (Å²) in [6.07, 6.45) is 0. The van der Waals surface area contributed by atoms with Crippen molar-refractivity contribution in [1.82, 2.24) is 9.13 Å². The van der Waals surface area contributed by atoms with E-state index in [0.29, 0.717) is 10.7 Å². The second-order valence-electron chi connectivity index (χ2n) is 3.76. The molecule has 0 aliphatic carbocycles. The molecule has 1 aromatic carbocycles. The van der Waals surface area contributed by atoms with E-state index >= 15 is 0 Å². The van der Waals surface area contributed by atoms with Gasteiger partial charge in [-0.25, -0.2) is 9.36 Å². The van der Waals surface area contributed by atoms with Gasteiger partial charge in [0.05, 0.1) is 5.69 Å². The first-order chi connectivity index (χ1) is 8.43. The molecule has 0 saturated heterocycles. The van der Waals surface area contributed by atoms with E-state index in [1.807, 2.05) is 0 Å². The maximum absolute atomic E-state index is 12.0. The van der Waals surface area contributed by atoms with Gasteiger partial charge in [-0.05, 0) is 24.3 Å². The molecule has 0 atom stereocenters. The first kappa shape index (κ1) is 12.3. The van der Waals surface area contributed by atoms with Crippen LogP contribution in [0.5, 0.6) is 0 Å². The van der Waals surface area contributed by atoms with Crippen LogP contribution in [0.1, 0.15) is 0 Å². The quantitative estimate of drug-likeness (QED) is 0.779. The Labute approximate surface area is 107 Å². The van der Waals surface area contributed by atoms with Crippen LogP contribution >= 0.6 is 11.6 Å². The number of halogens is 1. The van der Waals surface area contributed by atoms with Crippen molar-refractivity contribution in [3.63, 3.8) is 0 Å².